The summed E-state index contributed by atoms with van der Waals surface area (Å²) in [6.07, 6.45) is 2.61. The number of benzene rings is 2. The number of hydrogen-bond donors (Lipinski definition) is 1. The number of nitrogen functional groups attached to an aromatic ring is 1. The van der Waals surface area contributed by atoms with E-state index in [4.69, 9.17) is 5.73 Å². The van der Waals surface area contributed by atoms with E-state index in [0.717, 1.165) is 12.5 Å². The van der Waals surface area contributed by atoms with Crippen molar-refractivity contribution in [3.8, 4) is 11.8 Å². The zero-order valence-corrected chi connectivity index (χ0v) is 17.2. The molecular formula is C23H17F2N7O. The van der Waals surface area contributed by atoms with Crippen molar-refractivity contribution in [2.24, 2.45) is 0 Å². The summed E-state index contributed by atoms with van der Waals surface area (Å²) in [5, 5.41) is 9.19. The van der Waals surface area contributed by atoms with Gasteiger partial charge >= 0.3 is 0 Å². The van der Waals surface area contributed by atoms with Gasteiger partial charge < -0.3 is 10.6 Å². The lowest BCUT2D eigenvalue weighted by Crippen LogP contribution is -2.32. The van der Waals surface area contributed by atoms with E-state index in [2.05, 4.69) is 15.0 Å². The van der Waals surface area contributed by atoms with Crippen molar-refractivity contribution < 1.29 is 8.78 Å². The first-order valence-corrected chi connectivity index (χ1v) is 10.2. The predicted molar refractivity (Wildman–Crippen MR) is 118 cm³/mol. The monoisotopic (exact) mass is 445 g/mol. The van der Waals surface area contributed by atoms with Crippen LogP contribution < -0.4 is 16.2 Å². The number of rotatable bonds is 3. The molecular weight excluding hydrogens is 428 g/mol. The summed E-state index contributed by atoms with van der Waals surface area (Å²) in [5.41, 5.74) is 5.82. The van der Waals surface area contributed by atoms with Crippen LogP contribution in [0.15, 0.2) is 53.6 Å². The normalized spacial score (nSPS) is 15.7. The van der Waals surface area contributed by atoms with Gasteiger partial charge in [0.1, 0.15) is 35.0 Å². The number of aromatic nitrogens is 4. The topological polar surface area (TPSA) is 114 Å². The Hall–Kier alpha value is -4.39. The first-order valence-electron chi connectivity index (χ1n) is 10.2. The fourth-order valence-corrected chi connectivity index (χ4v) is 4.28. The molecule has 1 atom stereocenters. The first kappa shape index (κ1) is 20.5. The number of hydrogen-bond acceptors (Lipinski definition) is 7. The Morgan fingerprint density at radius 1 is 1.12 bits per heavy atom. The Balaban J connectivity index is 1.79. The lowest BCUT2D eigenvalue weighted by atomic mass is 10.1. The second kappa shape index (κ2) is 7.94. The largest absolute Gasteiger partial charge is 0.382 e. The molecule has 1 aliphatic rings. The van der Waals surface area contributed by atoms with Crippen molar-refractivity contribution in [2.45, 2.75) is 18.9 Å². The highest BCUT2D eigenvalue weighted by molar-refractivity contribution is 5.79. The highest BCUT2D eigenvalue weighted by atomic mass is 19.2. The second-order valence-corrected chi connectivity index (χ2v) is 7.62. The molecule has 3 heterocycles. The number of nitrogens with zero attached hydrogens (tertiary/aromatic N) is 6. The summed E-state index contributed by atoms with van der Waals surface area (Å²) in [5.74, 6) is -1.63. The van der Waals surface area contributed by atoms with Crippen molar-refractivity contribution in [3.63, 3.8) is 0 Å². The van der Waals surface area contributed by atoms with Crippen LogP contribution in [0.1, 0.15) is 30.3 Å². The minimum atomic E-state index is -1.24. The van der Waals surface area contributed by atoms with Crippen molar-refractivity contribution in [1.82, 2.24) is 19.5 Å². The minimum absolute atomic E-state index is 0.0515. The summed E-state index contributed by atoms with van der Waals surface area (Å²) in [7, 11) is 0. The number of anilines is 2. The van der Waals surface area contributed by atoms with E-state index < -0.39 is 28.6 Å². The van der Waals surface area contributed by atoms with E-state index >= 15 is 0 Å². The highest BCUT2D eigenvalue weighted by Gasteiger charge is 2.34. The van der Waals surface area contributed by atoms with Crippen LogP contribution in [0.25, 0.3) is 16.6 Å². The van der Waals surface area contributed by atoms with Crippen molar-refractivity contribution >= 4 is 22.5 Å². The van der Waals surface area contributed by atoms with Gasteiger partial charge in [0, 0.05) is 6.54 Å². The van der Waals surface area contributed by atoms with Gasteiger partial charge in [-0.2, -0.15) is 5.26 Å². The maximum atomic E-state index is 14.6. The Bertz CT molecular complexity index is 1480. The maximum Gasteiger partial charge on any atom is 0.269 e. The van der Waals surface area contributed by atoms with Crippen LogP contribution in [0.4, 0.5) is 20.4 Å². The Morgan fingerprint density at radius 2 is 1.91 bits per heavy atom. The fraction of sp³-hybridized carbons (Fsp3) is 0.174. The highest BCUT2D eigenvalue weighted by Crippen LogP contribution is 2.37. The lowest BCUT2D eigenvalue weighted by Gasteiger charge is -2.28. The molecule has 8 nitrogen and oxygen atoms in total. The van der Waals surface area contributed by atoms with Crippen LogP contribution in [0.3, 0.4) is 0 Å². The van der Waals surface area contributed by atoms with Gasteiger partial charge in [-0.25, -0.2) is 23.7 Å². The van der Waals surface area contributed by atoms with Gasteiger partial charge in [0.2, 0.25) is 0 Å². The Labute approximate surface area is 186 Å². The van der Waals surface area contributed by atoms with Crippen LogP contribution in [0, 0.1) is 23.0 Å². The quantitative estimate of drug-likeness (QED) is 0.515. The third kappa shape index (κ3) is 3.25. The van der Waals surface area contributed by atoms with E-state index in [1.165, 1.54) is 17.0 Å². The molecule has 0 bridgehead atoms. The van der Waals surface area contributed by atoms with E-state index in [1.807, 2.05) is 11.0 Å². The molecule has 164 valence electrons. The minimum Gasteiger partial charge on any atom is -0.382 e. The summed E-state index contributed by atoms with van der Waals surface area (Å²) in [6, 6.07) is 12.5. The van der Waals surface area contributed by atoms with E-state index in [-0.39, 0.29) is 16.9 Å². The van der Waals surface area contributed by atoms with Gasteiger partial charge in [-0.3, -0.25) is 9.36 Å². The van der Waals surface area contributed by atoms with E-state index in [1.54, 1.807) is 30.3 Å². The van der Waals surface area contributed by atoms with Crippen molar-refractivity contribution in [3.05, 3.63) is 82.2 Å². The first-order chi connectivity index (χ1) is 16.0. The molecule has 1 aliphatic heterocycles. The maximum absolute atomic E-state index is 14.6. The molecule has 4 aromatic rings. The van der Waals surface area contributed by atoms with Crippen molar-refractivity contribution in [1.29, 1.82) is 5.26 Å². The molecule has 1 fully saturated rings. The second-order valence-electron chi connectivity index (χ2n) is 7.62. The van der Waals surface area contributed by atoms with Crippen molar-refractivity contribution in [2.75, 3.05) is 17.2 Å². The molecule has 2 aromatic heterocycles. The average Bonchev–Trinajstić information content (AvgIpc) is 3.31. The van der Waals surface area contributed by atoms with Gasteiger partial charge in [-0.05, 0) is 37.1 Å². The zero-order valence-electron chi connectivity index (χ0n) is 17.2. The standard InChI is InChI=1S/C23H17F2N7O/c24-15-8-9-16-18(19(15)25)23(33)32(13-5-2-1-3-6-13)22(30-16)17-7-4-10-31(17)21-14(11-26)20(27)28-12-29-21/h1-3,5-6,8-9,12,17H,4,7,10H2,(H2,27,28,29). The summed E-state index contributed by atoms with van der Waals surface area (Å²) >= 11 is 0. The summed E-state index contributed by atoms with van der Waals surface area (Å²) < 4.78 is 29.9. The summed E-state index contributed by atoms with van der Waals surface area (Å²) in [4.78, 5) is 28.1. The summed E-state index contributed by atoms with van der Waals surface area (Å²) in [6.45, 7) is 0.538. The van der Waals surface area contributed by atoms with Crippen LogP contribution in [0.2, 0.25) is 0 Å². The SMILES string of the molecule is N#Cc1c(N)ncnc1N1CCCC1c1nc2ccc(F)c(F)c2c(=O)n1-c1ccccc1. The van der Waals surface area contributed by atoms with Crippen LogP contribution in [-0.4, -0.2) is 26.1 Å². The van der Waals surface area contributed by atoms with Gasteiger partial charge in [0.05, 0.1) is 17.2 Å². The molecule has 10 heteroatoms. The molecule has 0 radical (unpaired) electrons. The molecule has 1 unspecified atom stereocenters. The van der Waals surface area contributed by atoms with Gasteiger partial charge in [0.15, 0.2) is 17.5 Å². The van der Waals surface area contributed by atoms with Gasteiger partial charge in [-0.1, -0.05) is 18.2 Å². The number of nitriles is 1. The molecule has 1 saturated heterocycles. The molecule has 33 heavy (non-hydrogen) atoms. The third-order valence-electron chi connectivity index (χ3n) is 5.76. The number of halogens is 2. The molecule has 0 spiro atoms. The fourth-order valence-electron chi connectivity index (χ4n) is 4.28. The molecule has 2 N–H and O–H groups in total. The predicted octanol–water partition coefficient (Wildman–Crippen LogP) is 3.25. The van der Waals surface area contributed by atoms with E-state index in [0.29, 0.717) is 30.3 Å². The molecule has 0 amide bonds. The molecule has 0 aliphatic carbocycles. The number of para-hydroxylation sites is 1. The van der Waals surface area contributed by atoms with Gasteiger partial charge in [-0.15, -0.1) is 0 Å². The average molecular weight is 445 g/mol. The third-order valence-corrected chi connectivity index (χ3v) is 5.76. The van der Waals surface area contributed by atoms with Gasteiger partial charge in [0.25, 0.3) is 5.56 Å². The molecule has 2 aromatic carbocycles. The smallest absolute Gasteiger partial charge is 0.269 e. The zero-order chi connectivity index (χ0) is 23.1. The Kier molecular flexibility index (Phi) is 4.94. The number of fused-ring (bicyclic) bond motifs is 1. The van der Waals surface area contributed by atoms with Crippen LogP contribution >= 0.6 is 0 Å². The number of nitrogens with two attached hydrogens (primary N) is 1. The molecule has 0 saturated carbocycles. The van der Waals surface area contributed by atoms with Crippen LogP contribution in [-0.2, 0) is 0 Å². The lowest BCUT2D eigenvalue weighted by molar-refractivity contribution is 0.515. The Morgan fingerprint density at radius 3 is 2.67 bits per heavy atom. The van der Waals surface area contributed by atoms with E-state index in [9.17, 15) is 18.8 Å². The molecule has 5 rings (SSSR count). The van der Waals surface area contributed by atoms with Crippen LogP contribution in [0.5, 0.6) is 0 Å².